The average Bonchev–Trinajstić information content (AvgIpc) is 3.20. The molecule has 4 nitrogen and oxygen atoms in total. The number of amides is 1. The van der Waals surface area contributed by atoms with Gasteiger partial charge in [-0.15, -0.1) is 0 Å². The maximum Gasteiger partial charge on any atom is 0.328 e. The number of rotatable bonds is 4. The van der Waals surface area contributed by atoms with Crippen LogP contribution in [-0.2, 0) is 21.4 Å². The Morgan fingerprint density at radius 1 is 1.43 bits per heavy atom. The average molecular weight is 291 g/mol. The molecule has 1 fully saturated rings. The van der Waals surface area contributed by atoms with Gasteiger partial charge in [0, 0.05) is 11.3 Å². The maximum absolute atomic E-state index is 12.6. The summed E-state index contributed by atoms with van der Waals surface area (Å²) in [6, 6.07) is 6.69. The van der Waals surface area contributed by atoms with E-state index in [0.29, 0.717) is 0 Å². The van der Waals surface area contributed by atoms with Crippen LogP contribution in [-0.4, -0.2) is 29.7 Å². The molecule has 2 aliphatic rings. The van der Waals surface area contributed by atoms with Crippen LogP contribution in [0.4, 0.5) is 4.39 Å². The first-order chi connectivity index (χ1) is 10.1. The second-order valence-corrected chi connectivity index (χ2v) is 5.98. The van der Waals surface area contributed by atoms with Gasteiger partial charge in [-0.1, -0.05) is 24.3 Å². The minimum Gasteiger partial charge on any atom is -0.480 e. The van der Waals surface area contributed by atoms with Crippen molar-refractivity contribution in [3.8, 4) is 0 Å². The van der Waals surface area contributed by atoms with Crippen molar-refractivity contribution < 1.29 is 19.1 Å². The maximum atomic E-state index is 12.6. The van der Waals surface area contributed by atoms with Crippen LogP contribution in [0.1, 0.15) is 30.4 Å². The summed E-state index contributed by atoms with van der Waals surface area (Å²) in [4.78, 5) is 23.0. The zero-order chi connectivity index (χ0) is 15.0. The summed E-state index contributed by atoms with van der Waals surface area (Å²) in [5.41, 5.74) is 2.33. The number of aryl methyl sites for hydroxylation is 1. The van der Waals surface area contributed by atoms with Crippen LogP contribution in [0, 0.1) is 5.92 Å². The minimum atomic E-state index is -1.44. The molecule has 5 heteroatoms. The molecule has 112 valence electrons. The van der Waals surface area contributed by atoms with Gasteiger partial charge in [0.05, 0.1) is 0 Å². The van der Waals surface area contributed by atoms with Gasteiger partial charge in [0.25, 0.3) is 0 Å². The second-order valence-electron chi connectivity index (χ2n) is 5.98. The molecule has 1 saturated carbocycles. The third-order valence-electron chi connectivity index (χ3n) is 4.78. The van der Waals surface area contributed by atoms with Gasteiger partial charge in [-0.25, -0.2) is 9.18 Å². The highest BCUT2D eigenvalue weighted by Gasteiger charge is 2.60. The largest absolute Gasteiger partial charge is 0.480 e. The summed E-state index contributed by atoms with van der Waals surface area (Å²) in [5, 5.41) is 11.1. The molecule has 1 aromatic rings. The van der Waals surface area contributed by atoms with Gasteiger partial charge in [0.2, 0.25) is 5.91 Å². The number of fused-ring (bicyclic) bond motifs is 2. The number of carboxylic acid groups (broad SMARTS) is 1. The third kappa shape index (κ3) is 2.30. The summed E-state index contributed by atoms with van der Waals surface area (Å²) < 4.78 is 12.6. The number of carbonyl (C=O) groups excluding carboxylic acids is 1. The lowest BCUT2D eigenvalue weighted by molar-refractivity contribution is -0.142. The Bertz CT molecular complexity index is 589. The molecule has 3 unspecified atom stereocenters. The fourth-order valence-electron chi connectivity index (χ4n) is 3.61. The van der Waals surface area contributed by atoms with Crippen molar-refractivity contribution in [1.82, 2.24) is 5.32 Å². The Morgan fingerprint density at radius 2 is 2.19 bits per heavy atom. The molecule has 0 radical (unpaired) electrons. The normalized spacial score (nSPS) is 27.8. The summed E-state index contributed by atoms with van der Waals surface area (Å²) in [6.07, 6.45) is 3.73. The van der Waals surface area contributed by atoms with Crippen LogP contribution in [0.5, 0.6) is 0 Å². The Morgan fingerprint density at radius 3 is 2.90 bits per heavy atom. The van der Waals surface area contributed by atoms with Crippen LogP contribution in [0.3, 0.4) is 0 Å². The molecule has 1 amide bonds. The Hall–Kier alpha value is -1.91. The quantitative estimate of drug-likeness (QED) is 0.889. The summed E-state index contributed by atoms with van der Waals surface area (Å²) >= 11 is 0. The van der Waals surface area contributed by atoms with Crippen molar-refractivity contribution >= 4 is 11.9 Å². The monoisotopic (exact) mass is 291 g/mol. The highest BCUT2D eigenvalue weighted by atomic mass is 19.1. The molecule has 0 saturated heterocycles. The summed E-state index contributed by atoms with van der Waals surface area (Å²) in [7, 11) is 0. The molecule has 1 spiro atoms. The number of aliphatic carboxylic acids is 1. The van der Waals surface area contributed by atoms with E-state index in [-0.39, 0.29) is 17.2 Å². The Labute approximate surface area is 122 Å². The zero-order valence-corrected chi connectivity index (χ0v) is 11.6. The van der Waals surface area contributed by atoms with Crippen molar-refractivity contribution in [2.45, 2.75) is 37.1 Å². The van der Waals surface area contributed by atoms with Crippen LogP contribution < -0.4 is 5.32 Å². The van der Waals surface area contributed by atoms with E-state index >= 15 is 0 Å². The van der Waals surface area contributed by atoms with Crippen LogP contribution >= 0.6 is 0 Å². The van der Waals surface area contributed by atoms with E-state index in [1.165, 1.54) is 11.1 Å². The molecule has 3 rings (SSSR count). The Balaban J connectivity index is 1.77. The van der Waals surface area contributed by atoms with E-state index in [9.17, 15) is 14.0 Å². The minimum absolute atomic E-state index is 0.154. The van der Waals surface area contributed by atoms with E-state index in [4.69, 9.17) is 5.11 Å². The number of hydrogen-bond acceptors (Lipinski definition) is 2. The molecule has 2 N–H and O–H groups in total. The van der Waals surface area contributed by atoms with Crippen LogP contribution in [0.2, 0.25) is 0 Å². The fourth-order valence-corrected chi connectivity index (χ4v) is 3.61. The van der Waals surface area contributed by atoms with Crippen LogP contribution in [0.15, 0.2) is 24.3 Å². The van der Waals surface area contributed by atoms with E-state index in [1.807, 2.05) is 12.1 Å². The predicted octanol–water partition coefficient (Wildman–Crippen LogP) is 1.82. The van der Waals surface area contributed by atoms with Crippen molar-refractivity contribution in [1.29, 1.82) is 0 Å². The number of benzene rings is 1. The molecule has 0 aliphatic heterocycles. The van der Waals surface area contributed by atoms with Gasteiger partial charge in [-0.3, -0.25) is 4.79 Å². The first kappa shape index (κ1) is 14.0. The molecule has 21 heavy (non-hydrogen) atoms. The zero-order valence-electron chi connectivity index (χ0n) is 11.6. The van der Waals surface area contributed by atoms with Crippen molar-refractivity contribution in [2.75, 3.05) is 6.67 Å². The fraction of sp³-hybridized carbons (Fsp3) is 0.500. The number of nitrogens with one attached hydrogen (secondary N) is 1. The van der Waals surface area contributed by atoms with E-state index in [2.05, 4.69) is 17.4 Å². The molecule has 2 aliphatic carbocycles. The lowest BCUT2D eigenvalue weighted by atomic mass is 9.78. The van der Waals surface area contributed by atoms with Crippen molar-refractivity contribution in [2.24, 2.45) is 5.92 Å². The second kappa shape index (κ2) is 5.13. The molecule has 3 atom stereocenters. The molecule has 0 bridgehead atoms. The SMILES string of the molecule is O=C(O)C(CF)NC(=O)C1CC12CCCc1ccccc12. The molecule has 0 heterocycles. The smallest absolute Gasteiger partial charge is 0.328 e. The van der Waals surface area contributed by atoms with Gasteiger partial charge in [-0.05, 0) is 36.8 Å². The first-order valence-electron chi connectivity index (χ1n) is 7.26. The first-order valence-corrected chi connectivity index (χ1v) is 7.26. The van der Waals surface area contributed by atoms with E-state index in [1.54, 1.807) is 0 Å². The van der Waals surface area contributed by atoms with E-state index in [0.717, 1.165) is 25.7 Å². The standard InChI is InChI=1S/C16H18FNO3/c17-9-13(15(20)21)18-14(19)12-8-16(12)7-3-5-10-4-1-2-6-11(10)16/h1-2,4,6,12-13H,3,5,7-9H2,(H,18,19)(H,20,21). The van der Waals surface area contributed by atoms with Crippen molar-refractivity contribution in [3.05, 3.63) is 35.4 Å². The van der Waals surface area contributed by atoms with Crippen molar-refractivity contribution in [3.63, 3.8) is 0 Å². The van der Waals surface area contributed by atoms with Gasteiger partial charge in [0.15, 0.2) is 6.04 Å². The predicted molar refractivity (Wildman–Crippen MR) is 74.7 cm³/mol. The van der Waals surface area contributed by atoms with Gasteiger partial charge in [0.1, 0.15) is 6.67 Å². The number of carboxylic acids is 1. The topological polar surface area (TPSA) is 66.4 Å². The lowest BCUT2D eigenvalue weighted by Crippen LogP contribution is -2.44. The van der Waals surface area contributed by atoms with E-state index < -0.39 is 18.7 Å². The number of alkyl halides is 1. The Kier molecular flexibility index (Phi) is 3.43. The van der Waals surface area contributed by atoms with Gasteiger partial charge < -0.3 is 10.4 Å². The molecular formula is C16H18FNO3. The molecule has 1 aromatic carbocycles. The summed E-state index contributed by atoms with van der Waals surface area (Å²) in [5.74, 6) is -1.89. The molecular weight excluding hydrogens is 273 g/mol. The van der Waals surface area contributed by atoms with Crippen LogP contribution in [0.25, 0.3) is 0 Å². The highest BCUT2D eigenvalue weighted by molar-refractivity contribution is 5.88. The number of hydrogen-bond donors (Lipinski definition) is 2. The van der Waals surface area contributed by atoms with Gasteiger partial charge in [-0.2, -0.15) is 0 Å². The van der Waals surface area contributed by atoms with Gasteiger partial charge >= 0.3 is 5.97 Å². The number of carbonyl (C=O) groups is 2. The summed E-state index contributed by atoms with van der Waals surface area (Å²) in [6.45, 7) is -1.09. The highest BCUT2D eigenvalue weighted by Crippen LogP contribution is 2.60. The third-order valence-corrected chi connectivity index (χ3v) is 4.78. The molecule has 0 aromatic heterocycles. The lowest BCUT2D eigenvalue weighted by Gasteiger charge is -2.26. The number of halogens is 1.